The third-order valence-corrected chi connectivity index (χ3v) is 2.31. The summed E-state index contributed by atoms with van der Waals surface area (Å²) in [6.45, 7) is 5.85. The minimum absolute atomic E-state index is 0.395. The second kappa shape index (κ2) is 5.66. The maximum absolute atomic E-state index is 5.50. The normalized spacial score (nSPS) is 10.7. The van der Waals surface area contributed by atoms with Crippen LogP contribution in [0, 0.1) is 5.92 Å². The molecular formula is C11H20N4. The molecule has 0 saturated heterocycles. The lowest BCUT2D eigenvalue weighted by atomic mass is 10.1. The van der Waals surface area contributed by atoms with Gasteiger partial charge in [-0.05, 0) is 18.4 Å². The molecule has 0 spiro atoms. The lowest BCUT2D eigenvalue weighted by molar-refractivity contribution is 0.583. The number of anilines is 1. The molecule has 15 heavy (non-hydrogen) atoms. The molecule has 1 rings (SSSR count). The van der Waals surface area contributed by atoms with Gasteiger partial charge in [0.15, 0.2) is 0 Å². The molecule has 0 unspecified atom stereocenters. The van der Waals surface area contributed by atoms with Gasteiger partial charge in [0.1, 0.15) is 11.6 Å². The molecule has 2 N–H and O–H groups in total. The van der Waals surface area contributed by atoms with Crippen molar-refractivity contribution in [1.82, 2.24) is 9.97 Å². The standard InChI is InChI=1S/C11H20N4/c1-9(2)5-7-15(3)11-4-6-13-10(8-12)14-11/h4,6,9H,5,7-8,12H2,1-3H3. The molecule has 1 heterocycles. The molecule has 4 heteroatoms. The average molecular weight is 208 g/mol. The summed E-state index contributed by atoms with van der Waals surface area (Å²) in [6.07, 6.45) is 2.93. The van der Waals surface area contributed by atoms with Crippen LogP contribution in [0.1, 0.15) is 26.1 Å². The first-order valence-corrected chi connectivity index (χ1v) is 5.36. The van der Waals surface area contributed by atoms with E-state index in [1.807, 2.05) is 13.1 Å². The first kappa shape index (κ1) is 11.9. The second-order valence-electron chi connectivity index (χ2n) is 4.14. The second-order valence-corrected chi connectivity index (χ2v) is 4.14. The highest BCUT2D eigenvalue weighted by Crippen LogP contribution is 2.10. The summed E-state index contributed by atoms with van der Waals surface area (Å²) >= 11 is 0. The molecule has 0 radical (unpaired) electrons. The first-order valence-electron chi connectivity index (χ1n) is 5.36. The zero-order valence-corrected chi connectivity index (χ0v) is 9.77. The van der Waals surface area contributed by atoms with Crippen LogP contribution in [-0.2, 0) is 6.54 Å². The maximum Gasteiger partial charge on any atom is 0.144 e. The van der Waals surface area contributed by atoms with Crippen molar-refractivity contribution < 1.29 is 0 Å². The molecule has 0 saturated carbocycles. The van der Waals surface area contributed by atoms with Gasteiger partial charge in [0.25, 0.3) is 0 Å². The van der Waals surface area contributed by atoms with Crippen LogP contribution in [0.15, 0.2) is 12.3 Å². The van der Waals surface area contributed by atoms with E-state index in [2.05, 4.69) is 28.7 Å². The quantitative estimate of drug-likeness (QED) is 0.795. The van der Waals surface area contributed by atoms with E-state index in [0.29, 0.717) is 18.3 Å². The fourth-order valence-corrected chi connectivity index (χ4v) is 1.27. The van der Waals surface area contributed by atoms with Crippen molar-refractivity contribution in [1.29, 1.82) is 0 Å². The minimum atomic E-state index is 0.395. The Morgan fingerprint density at radius 1 is 1.47 bits per heavy atom. The van der Waals surface area contributed by atoms with Gasteiger partial charge in [0.05, 0.1) is 6.54 Å². The number of hydrogen-bond donors (Lipinski definition) is 1. The van der Waals surface area contributed by atoms with E-state index in [0.717, 1.165) is 12.4 Å². The molecule has 0 amide bonds. The van der Waals surface area contributed by atoms with Crippen molar-refractivity contribution >= 4 is 5.82 Å². The van der Waals surface area contributed by atoms with Crippen LogP contribution in [0.5, 0.6) is 0 Å². The third kappa shape index (κ3) is 3.83. The van der Waals surface area contributed by atoms with Gasteiger partial charge in [-0.2, -0.15) is 0 Å². The van der Waals surface area contributed by atoms with Crippen LogP contribution < -0.4 is 10.6 Å². The predicted molar refractivity (Wildman–Crippen MR) is 62.6 cm³/mol. The maximum atomic E-state index is 5.50. The number of nitrogens with two attached hydrogens (primary N) is 1. The van der Waals surface area contributed by atoms with E-state index >= 15 is 0 Å². The molecule has 0 fully saturated rings. The molecular weight excluding hydrogens is 188 g/mol. The summed E-state index contributed by atoms with van der Waals surface area (Å²) < 4.78 is 0. The lowest BCUT2D eigenvalue weighted by Gasteiger charge is -2.19. The van der Waals surface area contributed by atoms with Crippen LogP contribution in [0.2, 0.25) is 0 Å². The Morgan fingerprint density at radius 2 is 2.20 bits per heavy atom. The molecule has 0 aliphatic heterocycles. The largest absolute Gasteiger partial charge is 0.360 e. The van der Waals surface area contributed by atoms with Gasteiger partial charge in [-0.15, -0.1) is 0 Å². The molecule has 0 aliphatic carbocycles. The molecule has 0 atom stereocenters. The average Bonchev–Trinajstić information content (AvgIpc) is 2.26. The van der Waals surface area contributed by atoms with Crippen molar-refractivity contribution in [2.24, 2.45) is 11.7 Å². The zero-order chi connectivity index (χ0) is 11.3. The van der Waals surface area contributed by atoms with Gasteiger partial charge in [-0.3, -0.25) is 0 Å². The summed E-state index contributed by atoms with van der Waals surface area (Å²) in [5.41, 5.74) is 5.50. The zero-order valence-electron chi connectivity index (χ0n) is 9.77. The highest BCUT2D eigenvalue weighted by atomic mass is 15.2. The smallest absolute Gasteiger partial charge is 0.144 e. The van der Waals surface area contributed by atoms with Crippen molar-refractivity contribution in [2.75, 3.05) is 18.5 Å². The van der Waals surface area contributed by atoms with E-state index in [1.54, 1.807) is 6.20 Å². The summed E-state index contributed by atoms with van der Waals surface area (Å²) in [7, 11) is 2.05. The van der Waals surface area contributed by atoms with E-state index < -0.39 is 0 Å². The Hall–Kier alpha value is -1.16. The molecule has 4 nitrogen and oxygen atoms in total. The third-order valence-electron chi connectivity index (χ3n) is 2.31. The fourth-order valence-electron chi connectivity index (χ4n) is 1.27. The van der Waals surface area contributed by atoms with Crippen LogP contribution in [0.25, 0.3) is 0 Å². The summed E-state index contributed by atoms with van der Waals surface area (Å²) in [5.74, 6) is 2.36. The molecule has 0 bridgehead atoms. The van der Waals surface area contributed by atoms with Crippen molar-refractivity contribution in [3.63, 3.8) is 0 Å². The summed E-state index contributed by atoms with van der Waals surface area (Å²) in [6, 6.07) is 1.92. The van der Waals surface area contributed by atoms with Crippen molar-refractivity contribution in [2.45, 2.75) is 26.8 Å². The van der Waals surface area contributed by atoms with Crippen molar-refractivity contribution in [3.05, 3.63) is 18.1 Å². The Kier molecular flexibility index (Phi) is 4.49. The van der Waals surface area contributed by atoms with E-state index in [4.69, 9.17) is 5.73 Å². The van der Waals surface area contributed by atoms with Gasteiger partial charge < -0.3 is 10.6 Å². The molecule has 1 aromatic rings. The number of hydrogen-bond acceptors (Lipinski definition) is 4. The van der Waals surface area contributed by atoms with Crippen LogP contribution >= 0.6 is 0 Å². The highest BCUT2D eigenvalue weighted by Gasteiger charge is 2.04. The van der Waals surface area contributed by atoms with Gasteiger partial charge >= 0.3 is 0 Å². The minimum Gasteiger partial charge on any atom is -0.360 e. The van der Waals surface area contributed by atoms with Crippen LogP contribution in [-0.4, -0.2) is 23.6 Å². The molecule has 0 aliphatic rings. The van der Waals surface area contributed by atoms with Gasteiger partial charge in [0, 0.05) is 19.8 Å². The Balaban J connectivity index is 2.60. The molecule has 84 valence electrons. The summed E-state index contributed by atoms with van der Waals surface area (Å²) in [4.78, 5) is 10.6. The van der Waals surface area contributed by atoms with Gasteiger partial charge in [-0.1, -0.05) is 13.8 Å². The van der Waals surface area contributed by atoms with Crippen LogP contribution in [0.4, 0.5) is 5.82 Å². The first-order chi connectivity index (χ1) is 7.13. The van der Waals surface area contributed by atoms with Crippen molar-refractivity contribution in [3.8, 4) is 0 Å². The van der Waals surface area contributed by atoms with Gasteiger partial charge in [0.2, 0.25) is 0 Å². The topological polar surface area (TPSA) is 55.0 Å². The van der Waals surface area contributed by atoms with Gasteiger partial charge in [-0.25, -0.2) is 9.97 Å². The number of aromatic nitrogens is 2. The Morgan fingerprint density at radius 3 is 2.80 bits per heavy atom. The highest BCUT2D eigenvalue weighted by molar-refractivity contribution is 5.35. The Bertz CT molecular complexity index is 298. The molecule has 1 aromatic heterocycles. The fraction of sp³-hybridized carbons (Fsp3) is 0.636. The molecule has 0 aromatic carbocycles. The van der Waals surface area contributed by atoms with E-state index in [9.17, 15) is 0 Å². The number of nitrogens with zero attached hydrogens (tertiary/aromatic N) is 3. The number of rotatable bonds is 5. The monoisotopic (exact) mass is 208 g/mol. The van der Waals surface area contributed by atoms with E-state index in [-0.39, 0.29) is 0 Å². The lowest BCUT2D eigenvalue weighted by Crippen LogP contribution is -2.21. The SMILES string of the molecule is CC(C)CCN(C)c1ccnc(CN)n1. The van der Waals surface area contributed by atoms with Crippen LogP contribution in [0.3, 0.4) is 0 Å². The Labute approximate surface area is 91.5 Å². The predicted octanol–water partition coefficient (Wildman–Crippen LogP) is 1.42. The van der Waals surface area contributed by atoms with E-state index in [1.165, 1.54) is 6.42 Å². The summed E-state index contributed by atoms with van der Waals surface area (Å²) in [5, 5.41) is 0.